The quantitative estimate of drug-likeness (QED) is 0.217. The minimum Gasteiger partial charge on any atom is -0.455 e. The Morgan fingerprint density at radius 3 is 1.93 bits per heavy atom. The van der Waals surface area contributed by atoms with Crippen LogP contribution in [0.3, 0.4) is 0 Å². The van der Waals surface area contributed by atoms with Crippen molar-refractivity contribution < 1.29 is 4.42 Å². The number of benzene rings is 7. The Morgan fingerprint density at radius 1 is 0.419 bits per heavy atom. The monoisotopic (exact) mass is 550 g/mol. The summed E-state index contributed by atoms with van der Waals surface area (Å²) in [5, 5.41) is 7.03. The zero-order valence-corrected chi connectivity index (χ0v) is 23.3. The average molecular weight is 551 g/mol. The van der Waals surface area contributed by atoms with Crippen molar-refractivity contribution in [3.63, 3.8) is 0 Å². The summed E-state index contributed by atoms with van der Waals surface area (Å²) in [6.45, 7) is 0. The van der Waals surface area contributed by atoms with E-state index in [9.17, 15) is 0 Å². The molecule has 2 aromatic heterocycles. The summed E-state index contributed by atoms with van der Waals surface area (Å²) < 4.78 is 8.93. The van der Waals surface area contributed by atoms with Gasteiger partial charge in [0.2, 0.25) is 0 Å². The molecule has 9 aromatic rings. The Bertz CT molecular complexity index is 2450. The Morgan fingerprint density at radius 2 is 1.07 bits per heavy atom. The molecule has 0 saturated carbocycles. The molecule has 0 amide bonds. The maximum atomic E-state index is 6.58. The minimum atomic E-state index is 0.881. The maximum Gasteiger partial charge on any atom is 0.143 e. The molecule has 0 bridgehead atoms. The van der Waals surface area contributed by atoms with Gasteiger partial charge in [0.1, 0.15) is 11.2 Å². The van der Waals surface area contributed by atoms with E-state index in [1.54, 1.807) is 0 Å². The van der Waals surface area contributed by atoms with Crippen LogP contribution in [-0.4, -0.2) is 4.57 Å². The fourth-order valence-corrected chi connectivity index (χ4v) is 6.61. The number of rotatable bonds is 4. The van der Waals surface area contributed by atoms with Gasteiger partial charge in [-0.2, -0.15) is 0 Å². The van der Waals surface area contributed by atoms with Gasteiger partial charge in [-0.25, -0.2) is 0 Å². The van der Waals surface area contributed by atoms with Crippen LogP contribution in [0.5, 0.6) is 0 Å². The molecule has 7 aromatic carbocycles. The molecule has 0 aliphatic rings. The van der Waals surface area contributed by atoms with Crippen molar-refractivity contribution in [2.75, 3.05) is 4.90 Å². The van der Waals surface area contributed by atoms with E-state index < -0.39 is 0 Å². The van der Waals surface area contributed by atoms with E-state index in [2.05, 4.69) is 167 Å². The second-order valence-corrected chi connectivity index (χ2v) is 11.0. The summed E-state index contributed by atoms with van der Waals surface area (Å²) in [6, 6.07) is 56.0. The van der Waals surface area contributed by atoms with Crippen molar-refractivity contribution in [3.8, 4) is 5.69 Å². The number of anilines is 3. The molecule has 0 radical (unpaired) electrons. The number of nitrogens with zero attached hydrogens (tertiary/aromatic N) is 2. The third-order valence-electron chi connectivity index (χ3n) is 8.55. The van der Waals surface area contributed by atoms with Crippen molar-refractivity contribution in [3.05, 3.63) is 158 Å². The minimum absolute atomic E-state index is 0.881. The summed E-state index contributed by atoms with van der Waals surface area (Å²) in [5.74, 6) is 0. The number of fused-ring (bicyclic) bond motifs is 8. The normalized spacial score (nSPS) is 11.7. The SMILES string of the molecule is c1ccc(N(c2ccc3c(c2)oc2c4ccccc4ccc32)c2ccc3c(c2)c2ccccc2n3-c2ccccc2)cc1. The molecule has 0 N–H and O–H groups in total. The number of para-hydroxylation sites is 3. The van der Waals surface area contributed by atoms with E-state index in [0.29, 0.717) is 0 Å². The first kappa shape index (κ1) is 23.9. The molecule has 0 aliphatic carbocycles. The Hall–Kier alpha value is -5.80. The van der Waals surface area contributed by atoms with Crippen LogP contribution in [0.2, 0.25) is 0 Å². The van der Waals surface area contributed by atoms with Gasteiger partial charge in [-0.3, -0.25) is 0 Å². The highest BCUT2D eigenvalue weighted by Crippen LogP contribution is 2.42. The molecule has 0 atom stereocenters. The molecule has 0 unspecified atom stereocenters. The Balaban J connectivity index is 1.27. The van der Waals surface area contributed by atoms with Gasteiger partial charge < -0.3 is 13.9 Å². The molecule has 0 saturated heterocycles. The van der Waals surface area contributed by atoms with Crippen LogP contribution in [0.15, 0.2) is 162 Å². The van der Waals surface area contributed by atoms with Gasteiger partial charge in [-0.05, 0) is 72.1 Å². The maximum absolute atomic E-state index is 6.58. The molecule has 202 valence electrons. The molecular formula is C40H26N2O. The molecule has 3 nitrogen and oxygen atoms in total. The first-order valence-corrected chi connectivity index (χ1v) is 14.6. The van der Waals surface area contributed by atoms with E-state index in [4.69, 9.17) is 4.42 Å². The Labute approximate surface area is 248 Å². The predicted molar refractivity (Wildman–Crippen MR) is 180 cm³/mol. The van der Waals surface area contributed by atoms with Crippen molar-refractivity contribution >= 4 is 71.6 Å². The van der Waals surface area contributed by atoms with Crippen molar-refractivity contribution in [2.24, 2.45) is 0 Å². The largest absolute Gasteiger partial charge is 0.455 e. The highest BCUT2D eigenvalue weighted by Gasteiger charge is 2.19. The molecule has 0 fully saturated rings. The molecule has 9 rings (SSSR count). The van der Waals surface area contributed by atoms with Gasteiger partial charge >= 0.3 is 0 Å². The lowest BCUT2D eigenvalue weighted by molar-refractivity contribution is 0.672. The summed E-state index contributed by atoms with van der Waals surface area (Å²) in [5.41, 5.74) is 8.59. The number of hydrogen-bond acceptors (Lipinski definition) is 2. The lowest BCUT2D eigenvalue weighted by Crippen LogP contribution is -2.09. The number of aromatic nitrogens is 1. The summed E-state index contributed by atoms with van der Waals surface area (Å²) in [7, 11) is 0. The topological polar surface area (TPSA) is 21.3 Å². The van der Waals surface area contributed by atoms with Crippen molar-refractivity contribution in [1.82, 2.24) is 4.57 Å². The average Bonchev–Trinajstić information content (AvgIpc) is 3.61. The fraction of sp³-hybridized carbons (Fsp3) is 0. The first-order chi connectivity index (χ1) is 21.3. The van der Waals surface area contributed by atoms with Gasteiger partial charge in [0.05, 0.1) is 11.0 Å². The standard InChI is InChI=1S/C40H26N2O/c1-3-12-28(13-4-1)41(31-20-23-34-35-22-19-27-11-7-8-16-32(27)40(35)43-39(34)26-31)30-21-24-38-36(25-30)33-17-9-10-18-37(33)42(38)29-14-5-2-6-15-29/h1-26H. The molecule has 0 spiro atoms. The predicted octanol–water partition coefficient (Wildman–Crippen LogP) is 11.3. The second kappa shape index (κ2) is 9.37. The lowest BCUT2D eigenvalue weighted by Gasteiger charge is -2.25. The van der Waals surface area contributed by atoms with Gasteiger partial charge in [-0.1, -0.05) is 84.9 Å². The highest BCUT2D eigenvalue weighted by molar-refractivity contribution is 6.15. The van der Waals surface area contributed by atoms with Gasteiger partial charge in [-0.15, -0.1) is 0 Å². The Kier molecular flexibility index (Phi) is 5.20. The summed E-state index contributed by atoms with van der Waals surface area (Å²) in [6.07, 6.45) is 0. The molecular weight excluding hydrogens is 524 g/mol. The molecule has 3 heteroatoms. The summed E-state index contributed by atoms with van der Waals surface area (Å²) in [4.78, 5) is 2.32. The van der Waals surface area contributed by atoms with E-state index >= 15 is 0 Å². The van der Waals surface area contributed by atoms with Crippen molar-refractivity contribution in [1.29, 1.82) is 0 Å². The van der Waals surface area contributed by atoms with E-state index in [1.165, 1.54) is 27.2 Å². The first-order valence-electron chi connectivity index (χ1n) is 14.6. The van der Waals surface area contributed by atoms with Crippen LogP contribution in [0.25, 0.3) is 60.2 Å². The van der Waals surface area contributed by atoms with E-state index in [1.807, 2.05) is 0 Å². The summed E-state index contributed by atoms with van der Waals surface area (Å²) >= 11 is 0. The third kappa shape index (κ3) is 3.68. The van der Waals surface area contributed by atoms with Crippen molar-refractivity contribution in [2.45, 2.75) is 0 Å². The van der Waals surface area contributed by atoms with Gasteiger partial charge in [0, 0.05) is 55.7 Å². The zero-order valence-electron chi connectivity index (χ0n) is 23.3. The number of hydrogen-bond donors (Lipinski definition) is 0. The van der Waals surface area contributed by atoms with Crippen LogP contribution in [0, 0.1) is 0 Å². The van der Waals surface area contributed by atoms with E-state index in [0.717, 1.165) is 50.1 Å². The third-order valence-corrected chi connectivity index (χ3v) is 8.55. The smallest absolute Gasteiger partial charge is 0.143 e. The second-order valence-electron chi connectivity index (χ2n) is 11.0. The van der Waals surface area contributed by atoms with Crippen LogP contribution in [-0.2, 0) is 0 Å². The zero-order chi connectivity index (χ0) is 28.3. The molecule has 2 heterocycles. The molecule has 0 aliphatic heterocycles. The van der Waals surface area contributed by atoms with Crippen LogP contribution in [0.1, 0.15) is 0 Å². The fourth-order valence-electron chi connectivity index (χ4n) is 6.61. The van der Waals surface area contributed by atoms with E-state index in [-0.39, 0.29) is 0 Å². The van der Waals surface area contributed by atoms with Crippen LogP contribution < -0.4 is 4.90 Å². The van der Waals surface area contributed by atoms with Gasteiger partial charge in [0.15, 0.2) is 0 Å². The lowest BCUT2D eigenvalue weighted by atomic mass is 10.1. The van der Waals surface area contributed by atoms with Crippen LogP contribution in [0.4, 0.5) is 17.1 Å². The molecule has 43 heavy (non-hydrogen) atoms. The van der Waals surface area contributed by atoms with Gasteiger partial charge in [0.25, 0.3) is 0 Å². The van der Waals surface area contributed by atoms with Crippen LogP contribution >= 0.6 is 0 Å². The highest BCUT2D eigenvalue weighted by atomic mass is 16.3. The number of furan rings is 1.